The molecule has 0 N–H and O–H groups in total. The number of rotatable bonds is 10. The van der Waals surface area contributed by atoms with Crippen LogP contribution in [0.5, 0.6) is 11.5 Å². The summed E-state index contributed by atoms with van der Waals surface area (Å²) in [6.07, 6.45) is 5.18. The van der Waals surface area contributed by atoms with E-state index in [0.717, 1.165) is 41.1 Å². The van der Waals surface area contributed by atoms with Crippen molar-refractivity contribution in [2.75, 3.05) is 13.2 Å². The number of benzene rings is 1. The summed E-state index contributed by atoms with van der Waals surface area (Å²) in [5, 5.41) is 14.4. The van der Waals surface area contributed by atoms with Gasteiger partial charge in [-0.25, -0.2) is 4.98 Å². The molecule has 2 heterocycles. The molecule has 4 nitrogen and oxygen atoms in total. The lowest BCUT2D eigenvalue weighted by molar-refractivity contribution is 0.271. The van der Waals surface area contributed by atoms with Crippen LogP contribution in [0.25, 0.3) is 22.2 Å². The minimum absolute atomic E-state index is 0.539. The van der Waals surface area contributed by atoms with Gasteiger partial charge in [0, 0.05) is 5.38 Å². The predicted octanol–water partition coefficient (Wildman–Crippen LogP) is 6.90. The van der Waals surface area contributed by atoms with Gasteiger partial charge in [-0.2, -0.15) is 5.26 Å². The van der Waals surface area contributed by atoms with Gasteiger partial charge in [0.15, 0.2) is 11.5 Å². The summed E-state index contributed by atoms with van der Waals surface area (Å²) >= 11 is 3.12. The molecule has 29 heavy (non-hydrogen) atoms. The molecule has 0 unspecified atom stereocenters. The Labute approximate surface area is 180 Å². The van der Waals surface area contributed by atoms with E-state index < -0.39 is 0 Å². The molecule has 2 aromatic heterocycles. The molecule has 0 bridgehead atoms. The van der Waals surface area contributed by atoms with E-state index in [0.29, 0.717) is 29.5 Å². The van der Waals surface area contributed by atoms with Crippen LogP contribution in [0.4, 0.5) is 0 Å². The molecule has 0 aliphatic rings. The van der Waals surface area contributed by atoms with Crippen LogP contribution in [-0.2, 0) is 0 Å². The molecule has 0 aliphatic heterocycles. The molecule has 0 saturated carbocycles. The number of nitriles is 1. The lowest BCUT2D eigenvalue weighted by Crippen LogP contribution is -2.01. The van der Waals surface area contributed by atoms with Gasteiger partial charge in [-0.05, 0) is 48.6 Å². The zero-order valence-corrected chi connectivity index (χ0v) is 18.3. The normalized spacial score (nSPS) is 11.3. The van der Waals surface area contributed by atoms with Crippen LogP contribution in [0.1, 0.15) is 43.7 Å². The lowest BCUT2D eigenvalue weighted by Gasteiger charge is -2.12. The van der Waals surface area contributed by atoms with Gasteiger partial charge in [0.2, 0.25) is 0 Å². The minimum Gasteiger partial charge on any atom is -0.490 e. The number of hydrogen-bond acceptors (Lipinski definition) is 6. The smallest absolute Gasteiger partial charge is 0.161 e. The van der Waals surface area contributed by atoms with E-state index in [2.05, 4.69) is 18.0 Å². The molecular formula is C23H24N2O2S2. The summed E-state index contributed by atoms with van der Waals surface area (Å²) in [5.41, 5.74) is 2.34. The van der Waals surface area contributed by atoms with Crippen molar-refractivity contribution in [3.05, 3.63) is 51.7 Å². The summed E-state index contributed by atoms with van der Waals surface area (Å²) in [4.78, 5) is 5.74. The number of thiophene rings is 1. The molecule has 3 rings (SSSR count). The van der Waals surface area contributed by atoms with Gasteiger partial charge in [0.1, 0.15) is 11.1 Å². The first-order valence-corrected chi connectivity index (χ1v) is 11.5. The average molecular weight is 425 g/mol. The minimum atomic E-state index is 0.539. The van der Waals surface area contributed by atoms with E-state index in [1.807, 2.05) is 54.1 Å². The van der Waals surface area contributed by atoms with Crippen LogP contribution < -0.4 is 9.47 Å². The van der Waals surface area contributed by atoms with Crippen LogP contribution in [-0.4, -0.2) is 18.2 Å². The topological polar surface area (TPSA) is 55.1 Å². The Morgan fingerprint density at radius 3 is 2.76 bits per heavy atom. The summed E-state index contributed by atoms with van der Waals surface area (Å²) in [5.74, 6) is 1.45. The fourth-order valence-corrected chi connectivity index (χ4v) is 4.33. The number of nitrogens with zero attached hydrogens (tertiary/aromatic N) is 2. The predicted molar refractivity (Wildman–Crippen MR) is 122 cm³/mol. The van der Waals surface area contributed by atoms with E-state index in [1.54, 1.807) is 11.3 Å². The third-order valence-corrected chi connectivity index (χ3v) is 5.98. The van der Waals surface area contributed by atoms with Gasteiger partial charge in [-0.3, -0.25) is 0 Å². The SMILES string of the molecule is CCCCCOc1ccc(/C=C(/C#N)c2nc(-c3cccs3)cs2)cc1OCC. The van der Waals surface area contributed by atoms with Gasteiger partial charge in [-0.15, -0.1) is 22.7 Å². The van der Waals surface area contributed by atoms with Crippen LogP contribution >= 0.6 is 22.7 Å². The molecular weight excluding hydrogens is 400 g/mol. The Kier molecular flexibility index (Phi) is 7.85. The lowest BCUT2D eigenvalue weighted by atomic mass is 10.1. The van der Waals surface area contributed by atoms with E-state index in [-0.39, 0.29) is 0 Å². The van der Waals surface area contributed by atoms with Crippen LogP contribution in [0.3, 0.4) is 0 Å². The highest BCUT2D eigenvalue weighted by Crippen LogP contribution is 2.32. The van der Waals surface area contributed by atoms with Crippen molar-refractivity contribution in [2.45, 2.75) is 33.1 Å². The molecule has 0 amide bonds. The standard InChI is InChI=1S/C23H24N2O2S2/c1-3-5-6-11-27-20-10-9-17(14-21(20)26-4-2)13-18(15-24)23-25-19(16-29-23)22-8-7-12-28-22/h7-10,12-14,16H,3-6,11H2,1-2H3/b18-13-. The Bertz CT molecular complexity index is 985. The van der Waals surface area contributed by atoms with Crippen molar-refractivity contribution in [3.8, 4) is 28.1 Å². The van der Waals surface area contributed by atoms with Crippen molar-refractivity contribution in [3.63, 3.8) is 0 Å². The van der Waals surface area contributed by atoms with Crippen molar-refractivity contribution >= 4 is 34.3 Å². The summed E-state index contributed by atoms with van der Waals surface area (Å²) in [6.45, 7) is 5.36. The molecule has 0 saturated heterocycles. The van der Waals surface area contributed by atoms with Gasteiger partial charge >= 0.3 is 0 Å². The molecule has 1 aromatic carbocycles. The molecule has 0 spiro atoms. The molecule has 150 valence electrons. The van der Waals surface area contributed by atoms with Gasteiger partial charge in [-0.1, -0.05) is 31.9 Å². The maximum atomic E-state index is 9.67. The highest BCUT2D eigenvalue weighted by molar-refractivity contribution is 7.14. The third kappa shape index (κ3) is 5.69. The zero-order valence-electron chi connectivity index (χ0n) is 16.7. The first-order valence-electron chi connectivity index (χ1n) is 9.76. The number of hydrogen-bond donors (Lipinski definition) is 0. The molecule has 0 atom stereocenters. The van der Waals surface area contributed by atoms with Crippen molar-refractivity contribution < 1.29 is 9.47 Å². The number of aromatic nitrogens is 1. The van der Waals surface area contributed by atoms with Crippen LogP contribution in [0.15, 0.2) is 41.1 Å². The van der Waals surface area contributed by atoms with E-state index in [4.69, 9.17) is 9.47 Å². The fraction of sp³-hybridized carbons (Fsp3) is 0.304. The highest BCUT2D eigenvalue weighted by Gasteiger charge is 2.11. The summed E-state index contributed by atoms with van der Waals surface area (Å²) < 4.78 is 11.6. The highest BCUT2D eigenvalue weighted by atomic mass is 32.1. The Morgan fingerprint density at radius 2 is 2.03 bits per heavy atom. The van der Waals surface area contributed by atoms with Gasteiger partial charge < -0.3 is 9.47 Å². The maximum absolute atomic E-state index is 9.67. The second-order valence-corrected chi connectivity index (χ2v) is 8.19. The van der Waals surface area contributed by atoms with Gasteiger partial charge in [0.05, 0.1) is 29.4 Å². The largest absolute Gasteiger partial charge is 0.490 e. The number of thiazole rings is 1. The Balaban J connectivity index is 1.81. The second-order valence-electron chi connectivity index (χ2n) is 6.38. The molecule has 0 fully saturated rings. The summed E-state index contributed by atoms with van der Waals surface area (Å²) in [7, 11) is 0. The quantitative estimate of drug-likeness (QED) is 0.262. The van der Waals surface area contributed by atoms with Crippen LogP contribution in [0, 0.1) is 11.3 Å². The van der Waals surface area contributed by atoms with E-state index in [9.17, 15) is 5.26 Å². The molecule has 0 aliphatic carbocycles. The second kappa shape index (κ2) is 10.8. The van der Waals surface area contributed by atoms with Gasteiger partial charge in [0.25, 0.3) is 0 Å². The third-order valence-electron chi connectivity index (χ3n) is 4.21. The monoisotopic (exact) mass is 424 g/mol. The molecule has 6 heteroatoms. The van der Waals surface area contributed by atoms with Crippen molar-refractivity contribution in [1.29, 1.82) is 5.26 Å². The van der Waals surface area contributed by atoms with Crippen molar-refractivity contribution in [1.82, 2.24) is 4.98 Å². The zero-order chi connectivity index (χ0) is 20.5. The van der Waals surface area contributed by atoms with Crippen LogP contribution in [0.2, 0.25) is 0 Å². The fourth-order valence-electron chi connectivity index (χ4n) is 2.78. The summed E-state index contributed by atoms with van der Waals surface area (Å²) in [6, 6.07) is 12.1. The number of ether oxygens (including phenoxy) is 2. The Morgan fingerprint density at radius 1 is 1.14 bits per heavy atom. The first kappa shape index (κ1) is 21.1. The molecule has 0 radical (unpaired) electrons. The van der Waals surface area contributed by atoms with Crippen molar-refractivity contribution in [2.24, 2.45) is 0 Å². The first-order chi connectivity index (χ1) is 14.2. The average Bonchev–Trinajstić information content (AvgIpc) is 3.42. The van der Waals surface area contributed by atoms with E-state index in [1.165, 1.54) is 11.3 Å². The van der Waals surface area contributed by atoms with E-state index >= 15 is 0 Å². The number of allylic oxidation sites excluding steroid dienone is 1. The maximum Gasteiger partial charge on any atom is 0.161 e. The molecule has 3 aromatic rings. The Hall–Kier alpha value is -2.62. The number of unbranched alkanes of at least 4 members (excludes halogenated alkanes) is 2.